The van der Waals surface area contributed by atoms with E-state index in [9.17, 15) is 0 Å². The van der Waals surface area contributed by atoms with Crippen LogP contribution in [0.5, 0.6) is 0 Å². The van der Waals surface area contributed by atoms with Crippen molar-refractivity contribution in [3.63, 3.8) is 0 Å². The summed E-state index contributed by atoms with van der Waals surface area (Å²) in [5, 5.41) is 3.31. The van der Waals surface area contributed by atoms with Gasteiger partial charge in [-0.3, -0.25) is 0 Å². The van der Waals surface area contributed by atoms with Crippen LogP contribution < -0.4 is 5.32 Å². The first kappa shape index (κ1) is 12.9. The molecule has 0 saturated heterocycles. The van der Waals surface area contributed by atoms with Gasteiger partial charge in [0.1, 0.15) is 0 Å². The van der Waals surface area contributed by atoms with Crippen LogP contribution in [0.4, 0.5) is 0 Å². The van der Waals surface area contributed by atoms with Crippen molar-refractivity contribution in [2.75, 3.05) is 13.2 Å². The molecule has 3 heteroatoms. The third kappa shape index (κ3) is 4.02. The van der Waals surface area contributed by atoms with Gasteiger partial charge in [-0.25, -0.2) is 0 Å². The van der Waals surface area contributed by atoms with E-state index < -0.39 is 0 Å². The SMILES string of the molecule is CC(OCCNCc1ccoc1)c1ccccc1. The second kappa shape index (κ2) is 6.99. The van der Waals surface area contributed by atoms with Crippen molar-refractivity contribution in [3.05, 3.63) is 60.1 Å². The van der Waals surface area contributed by atoms with Crippen LogP contribution in [0, 0.1) is 0 Å². The molecular formula is C15H19NO2. The summed E-state index contributed by atoms with van der Waals surface area (Å²) in [6.45, 7) is 4.43. The zero-order valence-electron chi connectivity index (χ0n) is 10.6. The minimum absolute atomic E-state index is 0.141. The summed E-state index contributed by atoms with van der Waals surface area (Å²) in [6.07, 6.45) is 3.58. The van der Waals surface area contributed by atoms with Gasteiger partial charge in [-0.05, 0) is 18.6 Å². The highest BCUT2D eigenvalue weighted by atomic mass is 16.5. The van der Waals surface area contributed by atoms with E-state index in [2.05, 4.69) is 24.4 Å². The van der Waals surface area contributed by atoms with Crippen molar-refractivity contribution >= 4 is 0 Å². The first-order valence-corrected chi connectivity index (χ1v) is 6.24. The van der Waals surface area contributed by atoms with Crippen LogP contribution in [0.25, 0.3) is 0 Å². The maximum absolute atomic E-state index is 5.76. The van der Waals surface area contributed by atoms with Gasteiger partial charge in [0, 0.05) is 18.7 Å². The molecule has 1 heterocycles. The maximum Gasteiger partial charge on any atom is 0.0947 e. The van der Waals surface area contributed by atoms with E-state index in [1.165, 1.54) is 5.56 Å². The number of hydrogen-bond acceptors (Lipinski definition) is 3. The van der Waals surface area contributed by atoms with Crippen LogP contribution in [-0.2, 0) is 11.3 Å². The molecule has 3 nitrogen and oxygen atoms in total. The first-order chi connectivity index (χ1) is 8.86. The first-order valence-electron chi connectivity index (χ1n) is 6.24. The quantitative estimate of drug-likeness (QED) is 0.761. The Balaban J connectivity index is 1.61. The lowest BCUT2D eigenvalue weighted by atomic mass is 10.1. The van der Waals surface area contributed by atoms with Gasteiger partial charge < -0.3 is 14.5 Å². The number of nitrogens with one attached hydrogen (secondary N) is 1. The lowest BCUT2D eigenvalue weighted by Crippen LogP contribution is -2.19. The largest absolute Gasteiger partial charge is 0.472 e. The Kier molecular flexibility index (Phi) is 5.00. The Labute approximate surface area is 108 Å². The lowest BCUT2D eigenvalue weighted by Gasteiger charge is -2.13. The lowest BCUT2D eigenvalue weighted by molar-refractivity contribution is 0.0676. The highest BCUT2D eigenvalue weighted by molar-refractivity contribution is 5.16. The summed E-state index contributed by atoms with van der Waals surface area (Å²) in [6, 6.07) is 12.2. The molecule has 0 radical (unpaired) electrons. The van der Waals surface area contributed by atoms with Crippen LogP contribution in [0.2, 0.25) is 0 Å². The molecule has 1 aromatic heterocycles. The molecule has 0 aliphatic carbocycles. The number of rotatable bonds is 7. The molecule has 0 amide bonds. The standard InChI is InChI=1S/C15H19NO2/c1-13(15-5-3-2-4-6-15)18-10-8-16-11-14-7-9-17-12-14/h2-7,9,12-13,16H,8,10-11H2,1H3. The highest BCUT2D eigenvalue weighted by Crippen LogP contribution is 2.15. The summed E-state index contributed by atoms with van der Waals surface area (Å²) >= 11 is 0. The Bertz CT molecular complexity index is 425. The average Bonchev–Trinajstić information content (AvgIpc) is 2.92. The number of hydrogen-bond donors (Lipinski definition) is 1. The minimum Gasteiger partial charge on any atom is -0.472 e. The van der Waals surface area contributed by atoms with E-state index in [0.717, 1.165) is 18.7 Å². The molecule has 0 bridgehead atoms. The number of ether oxygens (including phenoxy) is 1. The third-order valence-electron chi connectivity index (χ3n) is 2.82. The molecule has 2 rings (SSSR count). The smallest absolute Gasteiger partial charge is 0.0947 e. The molecule has 18 heavy (non-hydrogen) atoms. The number of furan rings is 1. The van der Waals surface area contributed by atoms with Gasteiger partial charge in [0.25, 0.3) is 0 Å². The monoisotopic (exact) mass is 245 g/mol. The van der Waals surface area contributed by atoms with Gasteiger partial charge in [-0.2, -0.15) is 0 Å². The van der Waals surface area contributed by atoms with Crippen molar-refractivity contribution in [2.24, 2.45) is 0 Å². The van der Waals surface area contributed by atoms with Crippen LogP contribution in [0.3, 0.4) is 0 Å². The fraction of sp³-hybridized carbons (Fsp3) is 0.333. The van der Waals surface area contributed by atoms with Crippen molar-refractivity contribution < 1.29 is 9.15 Å². The van der Waals surface area contributed by atoms with Crippen LogP contribution in [0.1, 0.15) is 24.2 Å². The fourth-order valence-electron chi connectivity index (χ4n) is 1.75. The van der Waals surface area contributed by atoms with Crippen LogP contribution in [0.15, 0.2) is 53.3 Å². The summed E-state index contributed by atoms with van der Waals surface area (Å²) in [7, 11) is 0. The van der Waals surface area contributed by atoms with Crippen LogP contribution in [-0.4, -0.2) is 13.2 Å². The summed E-state index contributed by atoms with van der Waals surface area (Å²) < 4.78 is 10.8. The van der Waals surface area contributed by atoms with Crippen molar-refractivity contribution in [3.8, 4) is 0 Å². The van der Waals surface area contributed by atoms with Gasteiger partial charge in [0.2, 0.25) is 0 Å². The minimum atomic E-state index is 0.141. The molecule has 0 spiro atoms. The van der Waals surface area contributed by atoms with Crippen molar-refractivity contribution in [2.45, 2.75) is 19.6 Å². The third-order valence-corrected chi connectivity index (χ3v) is 2.82. The summed E-state index contributed by atoms with van der Waals surface area (Å²) in [5.74, 6) is 0. The normalized spacial score (nSPS) is 12.5. The van der Waals surface area contributed by atoms with E-state index >= 15 is 0 Å². The second-order valence-corrected chi connectivity index (χ2v) is 4.23. The molecule has 0 fully saturated rings. The van der Waals surface area contributed by atoms with E-state index in [0.29, 0.717) is 6.61 Å². The molecule has 2 aromatic rings. The topological polar surface area (TPSA) is 34.4 Å². The number of benzene rings is 1. The van der Waals surface area contributed by atoms with Crippen LogP contribution >= 0.6 is 0 Å². The molecule has 1 N–H and O–H groups in total. The zero-order valence-corrected chi connectivity index (χ0v) is 10.6. The van der Waals surface area contributed by atoms with E-state index in [4.69, 9.17) is 9.15 Å². The molecule has 0 saturated carbocycles. The molecular weight excluding hydrogens is 226 g/mol. The Morgan fingerprint density at radius 2 is 2.06 bits per heavy atom. The summed E-state index contributed by atoms with van der Waals surface area (Å²) in [5.41, 5.74) is 2.37. The Morgan fingerprint density at radius 3 is 2.78 bits per heavy atom. The predicted molar refractivity (Wildman–Crippen MR) is 71.2 cm³/mol. The predicted octanol–water partition coefficient (Wildman–Crippen LogP) is 3.15. The molecule has 1 aromatic carbocycles. The molecule has 96 valence electrons. The van der Waals surface area contributed by atoms with E-state index in [-0.39, 0.29) is 6.10 Å². The van der Waals surface area contributed by atoms with Gasteiger partial charge in [-0.1, -0.05) is 30.3 Å². The summed E-state index contributed by atoms with van der Waals surface area (Å²) in [4.78, 5) is 0. The van der Waals surface area contributed by atoms with Crippen molar-refractivity contribution in [1.29, 1.82) is 0 Å². The maximum atomic E-state index is 5.76. The van der Waals surface area contributed by atoms with E-state index in [1.54, 1.807) is 12.5 Å². The molecule has 1 unspecified atom stereocenters. The Hall–Kier alpha value is -1.58. The zero-order chi connectivity index (χ0) is 12.6. The van der Waals surface area contributed by atoms with E-state index in [1.807, 2.05) is 24.3 Å². The highest BCUT2D eigenvalue weighted by Gasteiger charge is 2.03. The molecule has 0 aliphatic rings. The van der Waals surface area contributed by atoms with Crippen molar-refractivity contribution in [1.82, 2.24) is 5.32 Å². The molecule has 1 atom stereocenters. The average molecular weight is 245 g/mol. The Morgan fingerprint density at radius 1 is 1.22 bits per heavy atom. The van der Waals surface area contributed by atoms with Gasteiger partial charge in [-0.15, -0.1) is 0 Å². The van der Waals surface area contributed by atoms with Gasteiger partial charge in [0.05, 0.1) is 25.2 Å². The molecule has 0 aliphatic heterocycles. The van der Waals surface area contributed by atoms with Gasteiger partial charge >= 0.3 is 0 Å². The second-order valence-electron chi connectivity index (χ2n) is 4.23. The fourth-order valence-corrected chi connectivity index (χ4v) is 1.75. The van der Waals surface area contributed by atoms with Gasteiger partial charge in [0.15, 0.2) is 0 Å².